The summed E-state index contributed by atoms with van der Waals surface area (Å²) in [5, 5.41) is 0. The molecule has 0 bridgehead atoms. The minimum Gasteiger partial charge on any atom is -0.408 e. The fourth-order valence-corrected chi connectivity index (χ4v) is 7.49. The van der Waals surface area contributed by atoms with Gasteiger partial charge in [-0.15, -0.1) is 0 Å². The molecular weight excluding hydrogens is 607 g/mol. The Morgan fingerprint density at radius 1 is 0.458 bits per heavy atom. The molecule has 4 heteroatoms. The summed E-state index contributed by atoms with van der Waals surface area (Å²) >= 11 is 0. The maximum absolute atomic E-state index is 7.23. The van der Waals surface area contributed by atoms with Crippen LogP contribution >= 0.6 is 8.60 Å². The molecule has 0 spiro atoms. The van der Waals surface area contributed by atoms with Gasteiger partial charge in [0.15, 0.2) is 0 Å². The Bertz CT molecular complexity index is 1550. The maximum Gasteiger partial charge on any atom is 0.530 e. The van der Waals surface area contributed by atoms with E-state index in [9.17, 15) is 0 Å². The Balaban J connectivity index is 2.12. The minimum atomic E-state index is -1.90. The second-order valence-corrected chi connectivity index (χ2v) is 21.4. The monoisotopic (exact) mass is 672 g/mol. The number of rotatable bonds is 2. The van der Waals surface area contributed by atoms with Gasteiger partial charge in [0.2, 0.25) is 0 Å². The van der Waals surface area contributed by atoms with Crippen LogP contribution in [0.15, 0.2) is 36.4 Å². The van der Waals surface area contributed by atoms with Crippen LogP contribution in [0.25, 0.3) is 0 Å². The van der Waals surface area contributed by atoms with Crippen LogP contribution in [0.5, 0.6) is 17.2 Å². The van der Waals surface area contributed by atoms with Crippen molar-refractivity contribution in [3.63, 3.8) is 0 Å². The third kappa shape index (κ3) is 8.26. The topological polar surface area (TPSA) is 27.7 Å². The average Bonchev–Trinajstić information content (AvgIpc) is 2.85. The summed E-state index contributed by atoms with van der Waals surface area (Å²) in [4.78, 5) is 0. The summed E-state index contributed by atoms with van der Waals surface area (Å²) in [7, 11) is -1.90. The van der Waals surface area contributed by atoms with E-state index in [1.54, 1.807) is 0 Å². The van der Waals surface area contributed by atoms with Crippen molar-refractivity contribution in [1.29, 1.82) is 0 Å². The Labute approximate surface area is 295 Å². The first kappa shape index (κ1) is 38.3. The van der Waals surface area contributed by atoms with Crippen molar-refractivity contribution in [3.05, 3.63) is 86.5 Å². The van der Waals surface area contributed by atoms with Crippen LogP contribution < -0.4 is 13.6 Å². The number of benzene rings is 3. The Morgan fingerprint density at radius 2 is 0.792 bits per heavy atom. The van der Waals surface area contributed by atoms with Crippen molar-refractivity contribution in [2.45, 2.75) is 170 Å². The van der Waals surface area contributed by atoms with E-state index in [2.05, 4.69) is 168 Å². The largest absolute Gasteiger partial charge is 0.530 e. The molecular formula is C44H65O3P. The molecule has 0 saturated carbocycles. The third-order valence-corrected chi connectivity index (χ3v) is 10.4. The van der Waals surface area contributed by atoms with Gasteiger partial charge in [0, 0.05) is 28.7 Å². The lowest BCUT2D eigenvalue weighted by atomic mass is 9.76. The molecule has 3 aromatic rings. The Hall–Kier alpha value is -2.51. The zero-order chi connectivity index (χ0) is 36.6. The van der Waals surface area contributed by atoms with E-state index in [4.69, 9.17) is 13.6 Å². The lowest BCUT2D eigenvalue weighted by Crippen LogP contribution is -2.23. The summed E-state index contributed by atoms with van der Waals surface area (Å²) in [5.41, 5.74) is 10.3. The molecule has 0 fully saturated rings. The van der Waals surface area contributed by atoms with Crippen LogP contribution in [0, 0.1) is 6.92 Å². The van der Waals surface area contributed by atoms with Gasteiger partial charge in [-0.05, 0) is 61.7 Å². The molecule has 0 atom stereocenters. The second kappa shape index (κ2) is 12.4. The van der Waals surface area contributed by atoms with Crippen molar-refractivity contribution in [1.82, 2.24) is 0 Å². The van der Waals surface area contributed by atoms with Gasteiger partial charge in [-0.1, -0.05) is 167 Å². The van der Waals surface area contributed by atoms with E-state index in [-0.39, 0.29) is 32.5 Å². The maximum atomic E-state index is 7.23. The van der Waals surface area contributed by atoms with Gasteiger partial charge in [-0.25, -0.2) is 0 Å². The zero-order valence-electron chi connectivity index (χ0n) is 33.8. The molecule has 0 amide bonds. The van der Waals surface area contributed by atoms with E-state index in [0.29, 0.717) is 0 Å². The van der Waals surface area contributed by atoms with E-state index >= 15 is 0 Å². The summed E-state index contributed by atoms with van der Waals surface area (Å²) in [6.07, 6.45) is 0.721. The first-order valence-corrected chi connectivity index (χ1v) is 18.9. The molecule has 0 unspecified atom stereocenters. The highest BCUT2D eigenvalue weighted by molar-refractivity contribution is 7.43. The molecule has 0 aromatic heterocycles. The second-order valence-electron chi connectivity index (χ2n) is 20.4. The quantitative estimate of drug-likeness (QED) is 0.254. The van der Waals surface area contributed by atoms with Gasteiger partial charge in [-0.3, -0.25) is 0 Å². The van der Waals surface area contributed by atoms with Gasteiger partial charge in [-0.2, -0.15) is 0 Å². The number of hydrogen-bond donors (Lipinski definition) is 0. The molecule has 1 heterocycles. The van der Waals surface area contributed by atoms with Gasteiger partial charge >= 0.3 is 8.60 Å². The van der Waals surface area contributed by atoms with E-state index in [1.165, 1.54) is 50.1 Å². The summed E-state index contributed by atoms with van der Waals surface area (Å²) in [6, 6.07) is 14.0. The van der Waals surface area contributed by atoms with Crippen molar-refractivity contribution in [2.75, 3.05) is 0 Å². The number of aryl methyl sites for hydroxylation is 1. The molecule has 0 N–H and O–H groups in total. The highest BCUT2D eigenvalue weighted by Gasteiger charge is 2.38. The van der Waals surface area contributed by atoms with Crippen molar-refractivity contribution in [3.8, 4) is 17.2 Å². The van der Waals surface area contributed by atoms with Crippen molar-refractivity contribution >= 4 is 8.60 Å². The molecule has 48 heavy (non-hydrogen) atoms. The number of fused-ring (bicyclic) bond motifs is 2. The SMILES string of the molecule is Cc1cc(C(C)(C)C)c(OP2Oc3c(cc(C(C)(C)C)cc3C(C)(C)C)Cc3cc(C(C)(C)C)cc(C(C)(C)C)c3O2)c(C(C)(C)C)c1. The zero-order valence-corrected chi connectivity index (χ0v) is 34.7. The predicted octanol–water partition coefficient (Wildman–Crippen LogP) is 13.4. The molecule has 1 aliphatic rings. The molecule has 1 aliphatic heterocycles. The summed E-state index contributed by atoms with van der Waals surface area (Å²) in [5.74, 6) is 2.67. The number of hydrogen-bond acceptors (Lipinski definition) is 3. The van der Waals surface area contributed by atoms with Crippen LogP contribution in [0.1, 0.15) is 175 Å². The molecule has 4 rings (SSSR count). The lowest BCUT2D eigenvalue weighted by molar-refractivity contribution is 0.360. The fourth-order valence-electron chi connectivity index (χ4n) is 6.31. The Kier molecular flexibility index (Phi) is 9.87. The van der Waals surface area contributed by atoms with Crippen LogP contribution in [-0.4, -0.2) is 0 Å². The van der Waals surface area contributed by atoms with Crippen molar-refractivity contribution in [2.24, 2.45) is 0 Å². The lowest BCUT2D eigenvalue weighted by Gasteiger charge is -2.35. The summed E-state index contributed by atoms with van der Waals surface area (Å²) < 4.78 is 21.6. The Morgan fingerprint density at radius 3 is 1.08 bits per heavy atom. The van der Waals surface area contributed by atoms with Crippen LogP contribution in [0.4, 0.5) is 0 Å². The van der Waals surface area contributed by atoms with Crippen LogP contribution in [-0.2, 0) is 38.9 Å². The molecule has 3 nitrogen and oxygen atoms in total. The molecule has 0 saturated heterocycles. The molecule has 264 valence electrons. The van der Waals surface area contributed by atoms with Crippen LogP contribution in [0.2, 0.25) is 0 Å². The standard InChI is InChI=1S/C44H65O3P/c1-27-20-32(41(8,9)10)38(33(21-27)42(11,12)13)47-48-45-36-28(23-30(39(2,3)4)25-34(36)43(14,15)16)22-29-24-31(40(5,6)7)26-35(37(29)46-48)44(17,18)19/h20-21,23-26H,22H2,1-19H3. The highest BCUT2D eigenvalue weighted by Crippen LogP contribution is 2.55. The first-order valence-electron chi connectivity index (χ1n) is 17.8. The van der Waals surface area contributed by atoms with E-state index in [1.807, 2.05) is 0 Å². The van der Waals surface area contributed by atoms with Crippen LogP contribution in [0.3, 0.4) is 0 Å². The van der Waals surface area contributed by atoms with Gasteiger partial charge in [0.25, 0.3) is 0 Å². The predicted molar refractivity (Wildman–Crippen MR) is 208 cm³/mol. The van der Waals surface area contributed by atoms with E-state index in [0.717, 1.165) is 23.7 Å². The minimum absolute atomic E-state index is 0.0209. The van der Waals surface area contributed by atoms with Gasteiger partial charge in [0.05, 0.1) is 0 Å². The summed E-state index contributed by atoms with van der Waals surface area (Å²) in [6.45, 7) is 43.2. The van der Waals surface area contributed by atoms with Gasteiger partial charge in [0.1, 0.15) is 17.2 Å². The van der Waals surface area contributed by atoms with E-state index < -0.39 is 8.60 Å². The molecule has 3 aromatic carbocycles. The smallest absolute Gasteiger partial charge is 0.408 e. The van der Waals surface area contributed by atoms with Crippen molar-refractivity contribution < 1.29 is 13.6 Å². The third-order valence-electron chi connectivity index (χ3n) is 9.41. The normalized spacial score (nSPS) is 15.1. The first-order chi connectivity index (χ1) is 21.5. The molecule has 0 aliphatic carbocycles. The fraction of sp³-hybridized carbons (Fsp3) is 0.591. The molecule has 0 radical (unpaired) electrons. The van der Waals surface area contributed by atoms with Gasteiger partial charge < -0.3 is 13.6 Å². The average molecular weight is 673 g/mol. The highest BCUT2D eigenvalue weighted by atomic mass is 31.2.